The Balaban J connectivity index is 2.11. The maximum absolute atomic E-state index is 12.1. The topological polar surface area (TPSA) is 59.8 Å². The Morgan fingerprint density at radius 3 is 2.89 bits per heavy atom. The van der Waals surface area contributed by atoms with Gasteiger partial charge >= 0.3 is 0 Å². The van der Waals surface area contributed by atoms with Gasteiger partial charge in [-0.25, -0.2) is 0 Å². The summed E-state index contributed by atoms with van der Waals surface area (Å²) >= 11 is 2.16. The number of aromatic nitrogens is 3. The molecule has 2 heterocycles. The molecule has 0 aliphatic rings. The zero-order chi connectivity index (χ0) is 13.1. The average molecular weight is 356 g/mol. The molecule has 2 aromatic rings. The molecule has 1 atom stereocenters. The van der Waals surface area contributed by atoms with Gasteiger partial charge in [0.15, 0.2) is 0 Å². The lowest BCUT2D eigenvalue weighted by Gasteiger charge is -2.13. The van der Waals surface area contributed by atoms with Gasteiger partial charge in [0.25, 0.3) is 0 Å². The van der Waals surface area contributed by atoms with Gasteiger partial charge in [0.05, 0.1) is 21.7 Å². The van der Waals surface area contributed by atoms with E-state index in [1.165, 1.54) is 0 Å². The molecule has 0 radical (unpaired) electrons. The fourth-order valence-electron chi connectivity index (χ4n) is 1.48. The van der Waals surface area contributed by atoms with Crippen LogP contribution in [-0.4, -0.2) is 20.7 Å². The van der Waals surface area contributed by atoms with Crippen LogP contribution in [0.3, 0.4) is 0 Å². The minimum absolute atomic E-state index is 0.106. The summed E-state index contributed by atoms with van der Waals surface area (Å²) in [6, 6.07) is 1.50. The Bertz CT molecular complexity index is 567. The molecule has 5 nitrogen and oxygen atoms in total. The van der Waals surface area contributed by atoms with E-state index in [2.05, 4.69) is 38.0 Å². The van der Waals surface area contributed by atoms with Gasteiger partial charge in [0.1, 0.15) is 6.04 Å². The molecule has 0 bridgehead atoms. The molecule has 6 heteroatoms. The molecule has 0 saturated heterocycles. The van der Waals surface area contributed by atoms with E-state index in [9.17, 15) is 4.79 Å². The molecule has 1 amide bonds. The van der Waals surface area contributed by atoms with Crippen LogP contribution in [0.15, 0.2) is 30.9 Å². The number of nitrogens with one attached hydrogen (secondary N) is 1. The van der Waals surface area contributed by atoms with E-state index in [1.54, 1.807) is 23.3 Å². The molecule has 0 aromatic carbocycles. The van der Waals surface area contributed by atoms with Crippen molar-refractivity contribution in [2.75, 3.05) is 5.32 Å². The molecule has 0 spiro atoms. The van der Waals surface area contributed by atoms with Gasteiger partial charge in [-0.2, -0.15) is 5.10 Å². The zero-order valence-corrected chi connectivity index (χ0v) is 12.2. The Labute approximate surface area is 119 Å². The summed E-state index contributed by atoms with van der Waals surface area (Å²) in [5.74, 6) is -0.106. The Morgan fingerprint density at radius 2 is 2.28 bits per heavy atom. The molecule has 0 aliphatic heterocycles. The molecule has 0 saturated carbocycles. The highest BCUT2D eigenvalue weighted by atomic mass is 127. The number of pyridine rings is 1. The molecule has 94 valence electrons. The largest absolute Gasteiger partial charge is 0.323 e. The first kappa shape index (κ1) is 13.0. The highest BCUT2D eigenvalue weighted by Gasteiger charge is 2.16. The Kier molecular flexibility index (Phi) is 3.95. The molecular weight excluding hydrogens is 343 g/mol. The number of aryl methyl sites for hydroxylation is 1. The third-order valence-electron chi connectivity index (χ3n) is 2.64. The number of carbonyl (C=O) groups is 1. The summed E-state index contributed by atoms with van der Waals surface area (Å²) in [4.78, 5) is 16.1. The summed E-state index contributed by atoms with van der Waals surface area (Å²) < 4.78 is 2.65. The van der Waals surface area contributed by atoms with Gasteiger partial charge in [-0.15, -0.1) is 0 Å². The van der Waals surface area contributed by atoms with Crippen molar-refractivity contribution in [3.63, 3.8) is 0 Å². The SMILES string of the molecule is Cc1ccncc1NC(=O)C(C)n1cc(I)cn1. The van der Waals surface area contributed by atoms with Crippen LogP contribution in [0.1, 0.15) is 18.5 Å². The van der Waals surface area contributed by atoms with E-state index in [0.29, 0.717) is 0 Å². The van der Waals surface area contributed by atoms with Crippen LogP contribution in [0, 0.1) is 10.5 Å². The van der Waals surface area contributed by atoms with E-state index < -0.39 is 0 Å². The van der Waals surface area contributed by atoms with Crippen molar-refractivity contribution in [1.82, 2.24) is 14.8 Å². The molecule has 0 aliphatic carbocycles. The van der Waals surface area contributed by atoms with E-state index in [1.807, 2.05) is 26.1 Å². The normalized spacial score (nSPS) is 12.2. The second kappa shape index (κ2) is 5.47. The van der Waals surface area contributed by atoms with Crippen molar-refractivity contribution in [3.05, 3.63) is 40.0 Å². The van der Waals surface area contributed by atoms with Crippen LogP contribution in [0.5, 0.6) is 0 Å². The van der Waals surface area contributed by atoms with E-state index in [0.717, 1.165) is 14.8 Å². The van der Waals surface area contributed by atoms with Gasteiger partial charge in [0, 0.05) is 12.4 Å². The van der Waals surface area contributed by atoms with Crippen LogP contribution in [0.4, 0.5) is 5.69 Å². The first-order valence-electron chi connectivity index (χ1n) is 5.49. The van der Waals surface area contributed by atoms with Crippen LogP contribution >= 0.6 is 22.6 Å². The molecule has 2 rings (SSSR count). The zero-order valence-electron chi connectivity index (χ0n) is 10.1. The highest BCUT2D eigenvalue weighted by Crippen LogP contribution is 2.15. The summed E-state index contributed by atoms with van der Waals surface area (Å²) in [6.45, 7) is 3.74. The minimum Gasteiger partial charge on any atom is -0.323 e. The van der Waals surface area contributed by atoms with Gasteiger partial charge in [-0.3, -0.25) is 14.5 Å². The lowest BCUT2D eigenvalue weighted by atomic mass is 10.2. The lowest BCUT2D eigenvalue weighted by Crippen LogP contribution is -2.24. The number of amides is 1. The van der Waals surface area contributed by atoms with Gasteiger partial charge in [0.2, 0.25) is 5.91 Å². The summed E-state index contributed by atoms with van der Waals surface area (Å²) in [5.41, 5.74) is 1.72. The maximum Gasteiger partial charge on any atom is 0.248 e. The number of hydrogen-bond acceptors (Lipinski definition) is 3. The summed E-state index contributed by atoms with van der Waals surface area (Å²) in [5, 5.41) is 6.99. The highest BCUT2D eigenvalue weighted by molar-refractivity contribution is 14.1. The van der Waals surface area contributed by atoms with Crippen LogP contribution in [0.25, 0.3) is 0 Å². The van der Waals surface area contributed by atoms with Gasteiger partial charge < -0.3 is 5.32 Å². The second-order valence-electron chi connectivity index (χ2n) is 3.99. The summed E-state index contributed by atoms with van der Waals surface area (Å²) in [7, 11) is 0. The molecule has 1 N–H and O–H groups in total. The van der Waals surface area contributed by atoms with Crippen molar-refractivity contribution >= 4 is 34.2 Å². The van der Waals surface area contributed by atoms with Gasteiger partial charge in [-0.1, -0.05) is 0 Å². The van der Waals surface area contributed by atoms with Crippen molar-refractivity contribution in [3.8, 4) is 0 Å². The smallest absolute Gasteiger partial charge is 0.248 e. The van der Waals surface area contributed by atoms with Crippen LogP contribution < -0.4 is 5.32 Å². The number of anilines is 1. The monoisotopic (exact) mass is 356 g/mol. The Hall–Kier alpha value is -1.44. The van der Waals surface area contributed by atoms with E-state index in [-0.39, 0.29) is 11.9 Å². The van der Waals surface area contributed by atoms with Crippen molar-refractivity contribution in [2.24, 2.45) is 0 Å². The fraction of sp³-hybridized carbons (Fsp3) is 0.250. The quantitative estimate of drug-likeness (QED) is 0.860. The van der Waals surface area contributed by atoms with Crippen molar-refractivity contribution in [2.45, 2.75) is 19.9 Å². The number of nitrogens with zero attached hydrogens (tertiary/aromatic N) is 3. The lowest BCUT2D eigenvalue weighted by molar-refractivity contribution is -0.119. The number of rotatable bonds is 3. The molecule has 0 fully saturated rings. The van der Waals surface area contributed by atoms with E-state index in [4.69, 9.17) is 0 Å². The summed E-state index contributed by atoms with van der Waals surface area (Å²) in [6.07, 6.45) is 6.90. The molecular formula is C12H13IN4O. The first-order chi connectivity index (χ1) is 8.58. The predicted octanol–water partition coefficient (Wildman–Crippen LogP) is 2.39. The minimum atomic E-state index is -0.354. The average Bonchev–Trinajstić information content (AvgIpc) is 2.78. The molecule has 18 heavy (non-hydrogen) atoms. The maximum atomic E-state index is 12.1. The predicted molar refractivity (Wildman–Crippen MR) is 77.3 cm³/mol. The van der Waals surface area contributed by atoms with Crippen LogP contribution in [0.2, 0.25) is 0 Å². The van der Waals surface area contributed by atoms with Gasteiger partial charge in [-0.05, 0) is 48.1 Å². The fourth-order valence-corrected chi connectivity index (χ4v) is 1.89. The van der Waals surface area contributed by atoms with Crippen molar-refractivity contribution in [1.29, 1.82) is 0 Å². The van der Waals surface area contributed by atoms with Crippen molar-refractivity contribution < 1.29 is 4.79 Å². The van der Waals surface area contributed by atoms with Crippen LogP contribution in [-0.2, 0) is 4.79 Å². The third-order valence-corrected chi connectivity index (χ3v) is 3.20. The number of hydrogen-bond donors (Lipinski definition) is 1. The third kappa shape index (κ3) is 2.87. The standard InChI is InChI=1S/C12H13IN4O/c1-8-3-4-14-6-11(8)16-12(18)9(2)17-7-10(13)5-15-17/h3-7,9H,1-2H3,(H,16,18). The number of carbonyl (C=O) groups excluding carboxylic acids is 1. The van der Waals surface area contributed by atoms with E-state index >= 15 is 0 Å². The molecule has 1 unspecified atom stereocenters. The second-order valence-corrected chi connectivity index (χ2v) is 5.24. The number of halogens is 1. The Morgan fingerprint density at radius 1 is 1.50 bits per heavy atom. The molecule has 2 aromatic heterocycles. The first-order valence-corrected chi connectivity index (χ1v) is 6.57.